The molecule has 0 saturated carbocycles. The number of carbonyl (C=O) groups is 1. The van der Waals surface area contributed by atoms with Crippen molar-refractivity contribution in [2.75, 3.05) is 13.1 Å². The summed E-state index contributed by atoms with van der Waals surface area (Å²) < 4.78 is 27.1. The van der Waals surface area contributed by atoms with Gasteiger partial charge < -0.3 is 5.32 Å². The number of nitrogens with zero attached hydrogens (tertiary/aromatic N) is 1. The summed E-state index contributed by atoms with van der Waals surface area (Å²) >= 11 is 5.86. The zero-order chi connectivity index (χ0) is 20.4. The van der Waals surface area contributed by atoms with Crippen LogP contribution in [0.1, 0.15) is 42.9 Å². The molecule has 2 aliphatic rings. The lowest BCUT2D eigenvalue weighted by molar-refractivity contribution is -0.127. The second kappa shape index (κ2) is 8.46. The van der Waals surface area contributed by atoms with Gasteiger partial charge in [-0.1, -0.05) is 35.9 Å². The monoisotopic (exact) mass is 432 g/mol. The Labute approximate surface area is 177 Å². The summed E-state index contributed by atoms with van der Waals surface area (Å²) in [5.74, 6) is -0.115. The van der Waals surface area contributed by atoms with E-state index < -0.39 is 10.0 Å². The van der Waals surface area contributed by atoms with E-state index in [1.54, 1.807) is 12.1 Å². The maximum absolute atomic E-state index is 12.8. The van der Waals surface area contributed by atoms with E-state index in [-0.39, 0.29) is 22.8 Å². The van der Waals surface area contributed by atoms with Gasteiger partial charge in [0.1, 0.15) is 0 Å². The van der Waals surface area contributed by atoms with E-state index in [0.717, 1.165) is 19.3 Å². The molecule has 29 heavy (non-hydrogen) atoms. The molecule has 2 aromatic carbocycles. The number of carbonyl (C=O) groups excluding carboxylic acids is 1. The van der Waals surface area contributed by atoms with E-state index in [1.807, 2.05) is 12.1 Å². The van der Waals surface area contributed by atoms with Crippen LogP contribution in [-0.4, -0.2) is 31.7 Å². The highest BCUT2D eigenvalue weighted by Crippen LogP contribution is 2.31. The highest BCUT2D eigenvalue weighted by Gasteiger charge is 2.33. The number of benzene rings is 2. The van der Waals surface area contributed by atoms with Gasteiger partial charge in [0, 0.05) is 24.0 Å². The number of amides is 1. The molecular weight excluding hydrogens is 408 g/mol. The number of hydrogen-bond donors (Lipinski definition) is 1. The molecule has 1 aliphatic heterocycles. The van der Waals surface area contributed by atoms with Crippen LogP contribution in [-0.2, 0) is 21.2 Å². The van der Waals surface area contributed by atoms with Crippen LogP contribution < -0.4 is 5.32 Å². The van der Waals surface area contributed by atoms with Gasteiger partial charge in [-0.25, -0.2) is 8.42 Å². The number of aryl methyl sites for hydroxylation is 1. The first-order chi connectivity index (χ1) is 13.9. The second-order valence-electron chi connectivity index (χ2n) is 7.78. The molecule has 0 aromatic heterocycles. The van der Waals surface area contributed by atoms with Crippen molar-refractivity contribution in [2.24, 2.45) is 5.92 Å². The highest BCUT2D eigenvalue weighted by atomic mass is 35.5. The van der Waals surface area contributed by atoms with Gasteiger partial charge in [0.2, 0.25) is 15.9 Å². The molecule has 1 saturated heterocycles. The van der Waals surface area contributed by atoms with Crippen LogP contribution in [0.4, 0.5) is 0 Å². The van der Waals surface area contributed by atoms with Gasteiger partial charge >= 0.3 is 0 Å². The number of sulfonamides is 1. The Morgan fingerprint density at radius 3 is 2.41 bits per heavy atom. The van der Waals surface area contributed by atoms with Crippen molar-refractivity contribution in [3.63, 3.8) is 0 Å². The molecule has 0 spiro atoms. The van der Waals surface area contributed by atoms with Crippen LogP contribution in [0.2, 0.25) is 5.02 Å². The van der Waals surface area contributed by atoms with Crippen LogP contribution in [0.5, 0.6) is 0 Å². The van der Waals surface area contributed by atoms with E-state index in [1.165, 1.54) is 27.6 Å². The third-order valence-corrected chi connectivity index (χ3v) is 8.13. The second-order valence-corrected chi connectivity index (χ2v) is 10.2. The zero-order valence-electron chi connectivity index (χ0n) is 16.2. The van der Waals surface area contributed by atoms with Crippen molar-refractivity contribution in [3.8, 4) is 0 Å². The van der Waals surface area contributed by atoms with Gasteiger partial charge in [0.05, 0.1) is 10.9 Å². The normalized spacial score (nSPS) is 20.8. The number of hydrogen-bond acceptors (Lipinski definition) is 3. The molecule has 5 nitrogen and oxygen atoms in total. The molecule has 0 radical (unpaired) electrons. The van der Waals surface area contributed by atoms with E-state index in [2.05, 4.69) is 17.4 Å². The minimum atomic E-state index is -3.55. The minimum absolute atomic E-state index is 0.0373. The zero-order valence-corrected chi connectivity index (χ0v) is 17.8. The summed E-state index contributed by atoms with van der Waals surface area (Å²) in [6.45, 7) is 0.703. The summed E-state index contributed by atoms with van der Waals surface area (Å²) in [6, 6.07) is 14.6. The van der Waals surface area contributed by atoms with Crippen molar-refractivity contribution >= 4 is 27.5 Å². The molecule has 154 valence electrons. The molecule has 1 N–H and O–H groups in total. The highest BCUT2D eigenvalue weighted by molar-refractivity contribution is 7.89. The maximum Gasteiger partial charge on any atom is 0.243 e. The Morgan fingerprint density at radius 2 is 1.69 bits per heavy atom. The molecule has 1 heterocycles. The van der Waals surface area contributed by atoms with Gasteiger partial charge in [-0.15, -0.1) is 0 Å². The fraction of sp³-hybridized carbons (Fsp3) is 0.409. The molecule has 1 fully saturated rings. The van der Waals surface area contributed by atoms with Gasteiger partial charge in [0.15, 0.2) is 0 Å². The van der Waals surface area contributed by atoms with Gasteiger partial charge in [-0.3, -0.25) is 4.79 Å². The van der Waals surface area contributed by atoms with Crippen molar-refractivity contribution in [1.29, 1.82) is 0 Å². The summed E-state index contributed by atoms with van der Waals surface area (Å²) in [5.41, 5.74) is 2.53. The van der Waals surface area contributed by atoms with Crippen LogP contribution >= 0.6 is 11.6 Å². The van der Waals surface area contributed by atoms with Gasteiger partial charge in [-0.05, 0) is 67.5 Å². The van der Waals surface area contributed by atoms with Crippen molar-refractivity contribution in [2.45, 2.75) is 43.0 Å². The summed E-state index contributed by atoms with van der Waals surface area (Å²) in [6.07, 6.45) is 4.15. The first kappa shape index (κ1) is 20.4. The molecule has 7 heteroatoms. The van der Waals surface area contributed by atoms with E-state index >= 15 is 0 Å². The van der Waals surface area contributed by atoms with Gasteiger partial charge in [-0.2, -0.15) is 4.31 Å². The Bertz CT molecular complexity index is 983. The van der Waals surface area contributed by atoms with Crippen molar-refractivity contribution in [1.82, 2.24) is 9.62 Å². The third-order valence-electron chi connectivity index (χ3n) is 5.96. The predicted molar refractivity (Wildman–Crippen MR) is 113 cm³/mol. The van der Waals surface area contributed by atoms with E-state index in [9.17, 15) is 13.2 Å². The summed E-state index contributed by atoms with van der Waals surface area (Å²) in [5, 5.41) is 3.72. The lowest BCUT2D eigenvalue weighted by atomic mass is 9.87. The lowest BCUT2D eigenvalue weighted by Crippen LogP contribution is -2.44. The molecule has 1 aliphatic carbocycles. The molecule has 0 bridgehead atoms. The van der Waals surface area contributed by atoms with E-state index in [4.69, 9.17) is 11.6 Å². The van der Waals surface area contributed by atoms with E-state index in [0.29, 0.717) is 31.0 Å². The number of rotatable bonds is 4. The lowest BCUT2D eigenvalue weighted by Gasteiger charge is -2.32. The van der Waals surface area contributed by atoms with Crippen LogP contribution in [0, 0.1) is 5.92 Å². The predicted octanol–water partition coefficient (Wildman–Crippen LogP) is 3.93. The molecule has 1 amide bonds. The number of halogens is 1. The first-order valence-electron chi connectivity index (χ1n) is 10.1. The van der Waals surface area contributed by atoms with Crippen molar-refractivity contribution in [3.05, 3.63) is 64.7 Å². The maximum atomic E-state index is 12.8. The van der Waals surface area contributed by atoms with Crippen LogP contribution in [0.15, 0.2) is 53.4 Å². The minimum Gasteiger partial charge on any atom is -0.349 e. The average Bonchev–Trinajstić information content (AvgIpc) is 2.74. The average molecular weight is 433 g/mol. The topological polar surface area (TPSA) is 66.5 Å². The molecule has 4 rings (SSSR count). The number of nitrogens with one attached hydrogen (secondary N) is 1. The Balaban J connectivity index is 1.37. The summed E-state index contributed by atoms with van der Waals surface area (Å²) in [7, 11) is -3.55. The molecule has 1 atom stereocenters. The van der Waals surface area contributed by atoms with Crippen LogP contribution in [0.25, 0.3) is 0 Å². The first-order valence-corrected chi connectivity index (χ1v) is 11.9. The largest absolute Gasteiger partial charge is 0.349 e. The standard InChI is InChI=1S/C22H25ClN2O3S/c23-18-8-10-19(11-9-18)29(27,28)25-14-12-17(13-15-25)22(26)24-21-7-3-5-16-4-1-2-6-20(16)21/h1-2,4,6,8-11,17,21H,3,5,7,12-15H2,(H,24,26)/t21-/m0/s1. The Hall–Kier alpha value is -1.89. The fourth-order valence-corrected chi connectivity index (χ4v) is 5.90. The quantitative estimate of drug-likeness (QED) is 0.795. The number of fused-ring (bicyclic) bond motifs is 1. The fourth-order valence-electron chi connectivity index (χ4n) is 4.31. The molecule has 2 aromatic rings. The van der Waals surface area contributed by atoms with Crippen LogP contribution in [0.3, 0.4) is 0 Å². The van der Waals surface area contributed by atoms with Gasteiger partial charge in [0.25, 0.3) is 0 Å². The SMILES string of the molecule is O=C(N[C@H]1CCCc2ccccc21)C1CCN(S(=O)(=O)c2ccc(Cl)cc2)CC1. The molecule has 0 unspecified atom stereocenters. The molecular formula is C22H25ClN2O3S. The number of piperidine rings is 1. The smallest absolute Gasteiger partial charge is 0.243 e. The van der Waals surface area contributed by atoms with Crippen molar-refractivity contribution < 1.29 is 13.2 Å². The summed E-state index contributed by atoms with van der Waals surface area (Å²) in [4.78, 5) is 13.1. The third kappa shape index (κ3) is 4.34. The Morgan fingerprint density at radius 1 is 1.00 bits per heavy atom. The Kier molecular flexibility index (Phi) is 5.95.